The SMILES string of the molecule is CCOc1cc(C2C(C(=O)c3sc(C)nc3C)=C(O)C(=O)N2c2cc(Cl)ccc2C)ccc1O. The predicted octanol–water partition coefficient (Wildman–Crippen LogP) is 5.61. The Kier molecular flexibility index (Phi) is 6.38. The molecule has 1 aromatic heterocycles. The van der Waals surface area contributed by atoms with Crippen molar-refractivity contribution in [1.29, 1.82) is 0 Å². The van der Waals surface area contributed by atoms with E-state index in [0.717, 1.165) is 5.56 Å². The fourth-order valence-corrected chi connectivity index (χ4v) is 5.12. The Hall–Kier alpha value is -3.36. The number of thiazole rings is 1. The monoisotopic (exact) mass is 498 g/mol. The van der Waals surface area contributed by atoms with Gasteiger partial charge in [0.15, 0.2) is 17.3 Å². The van der Waals surface area contributed by atoms with Crippen molar-refractivity contribution in [1.82, 2.24) is 4.98 Å². The van der Waals surface area contributed by atoms with Crippen LogP contribution in [-0.4, -0.2) is 33.5 Å². The molecule has 34 heavy (non-hydrogen) atoms. The first kappa shape index (κ1) is 23.8. The number of amides is 1. The van der Waals surface area contributed by atoms with E-state index in [9.17, 15) is 19.8 Å². The van der Waals surface area contributed by atoms with Gasteiger partial charge in [-0.2, -0.15) is 0 Å². The Morgan fingerprint density at radius 2 is 1.91 bits per heavy atom. The van der Waals surface area contributed by atoms with Crippen LogP contribution in [0.5, 0.6) is 11.5 Å². The van der Waals surface area contributed by atoms with Crippen molar-refractivity contribution < 1.29 is 24.5 Å². The summed E-state index contributed by atoms with van der Waals surface area (Å²) < 4.78 is 5.53. The molecular formula is C25H23ClN2O5S. The molecule has 1 unspecified atom stereocenters. The van der Waals surface area contributed by atoms with Gasteiger partial charge in [0.05, 0.1) is 33.8 Å². The van der Waals surface area contributed by atoms with Crippen molar-refractivity contribution in [2.24, 2.45) is 0 Å². The number of anilines is 1. The molecule has 176 valence electrons. The Labute approximate surface area is 205 Å². The summed E-state index contributed by atoms with van der Waals surface area (Å²) in [5.41, 5.74) is 2.14. The maximum atomic E-state index is 13.7. The Balaban J connectivity index is 1.95. The van der Waals surface area contributed by atoms with Crippen molar-refractivity contribution in [2.45, 2.75) is 33.7 Å². The first-order valence-electron chi connectivity index (χ1n) is 10.6. The number of halogens is 1. The average Bonchev–Trinajstić information content (AvgIpc) is 3.26. The molecule has 1 aliphatic heterocycles. The van der Waals surface area contributed by atoms with Crippen LogP contribution < -0.4 is 9.64 Å². The molecule has 4 rings (SSSR count). The summed E-state index contributed by atoms with van der Waals surface area (Å²) in [6.45, 7) is 7.40. The normalized spacial score (nSPS) is 15.9. The Morgan fingerprint density at radius 1 is 1.18 bits per heavy atom. The van der Waals surface area contributed by atoms with E-state index < -0.39 is 23.5 Å². The lowest BCUT2D eigenvalue weighted by Gasteiger charge is -2.28. The molecule has 2 heterocycles. The lowest BCUT2D eigenvalue weighted by molar-refractivity contribution is -0.117. The lowest BCUT2D eigenvalue weighted by atomic mass is 9.94. The molecule has 9 heteroatoms. The molecule has 2 N–H and O–H groups in total. The fraction of sp³-hybridized carbons (Fsp3) is 0.240. The highest BCUT2D eigenvalue weighted by atomic mass is 35.5. The molecule has 0 fully saturated rings. The third-order valence-electron chi connectivity index (χ3n) is 5.59. The minimum atomic E-state index is -0.973. The molecule has 0 spiro atoms. The van der Waals surface area contributed by atoms with Crippen LogP contribution in [0.25, 0.3) is 0 Å². The van der Waals surface area contributed by atoms with Crippen molar-refractivity contribution in [2.75, 3.05) is 11.5 Å². The number of aryl methyl sites for hydroxylation is 3. The summed E-state index contributed by atoms with van der Waals surface area (Å²) in [5.74, 6) is -1.70. The summed E-state index contributed by atoms with van der Waals surface area (Å²) in [6, 6.07) is 8.71. The van der Waals surface area contributed by atoms with Crippen LogP contribution >= 0.6 is 22.9 Å². The van der Waals surface area contributed by atoms with Crippen molar-refractivity contribution in [3.63, 3.8) is 0 Å². The number of nitrogens with zero attached hydrogens (tertiary/aromatic N) is 2. The van der Waals surface area contributed by atoms with Crippen LogP contribution in [0.15, 0.2) is 47.7 Å². The zero-order chi connectivity index (χ0) is 24.7. The highest BCUT2D eigenvalue weighted by Gasteiger charge is 2.46. The number of hydrogen-bond acceptors (Lipinski definition) is 7. The number of ether oxygens (including phenoxy) is 1. The molecule has 1 atom stereocenters. The highest BCUT2D eigenvalue weighted by Crippen LogP contribution is 2.45. The predicted molar refractivity (Wildman–Crippen MR) is 131 cm³/mol. The van der Waals surface area contributed by atoms with Crippen LogP contribution in [0.2, 0.25) is 5.02 Å². The van der Waals surface area contributed by atoms with E-state index in [1.165, 1.54) is 22.3 Å². The molecule has 0 saturated carbocycles. The zero-order valence-electron chi connectivity index (χ0n) is 19.0. The van der Waals surface area contributed by atoms with Gasteiger partial charge in [0.2, 0.25) is 5.78 Å². The Bertz CT molecular complexity index is 1350. The third-order valence-corrected chi connectivity index (χ3v) is 6.90. The number of Topliss-reactive ketones (excluding diaryl/α,β-unsaturated/α-hetero) is 1. The minimum Gasteiger partial charge on any atom is -0.504 e. The number of aliphatic hydroxyl groups is 1. The van der Waals surface area contributed by atoms with Gasteiger partial charge in [-0.05, 0) is 63.1 Å². The van der Waals surface area contributed by atoms with Gasteiger partial charge < -0.3 is 14.9 Å². The van der Waals surface area contributed by atoms with E-state index >= 15 is 0 Å². The van der Waals surface area contributed by atoms with Crippen molar-refractivity contribution in [3.8, 4) is 11.5 Å². The topological polar surface area (TPSA) is 100.0 Å². The second kappa shape index (κ2) is 9.12. The van der Waals surface area contributed by atoms with Crippen LogP contribution in [0.3, 0.4) is 0 Å². The molecule has 0 radical (unpaired) electrons. The molecule has 7 nitrogen and oxygen atoms in total. The average molecular weight is 499 g/mol. The standard InChI is InChI=1S/C25H23ClN2O5S/c1-5-33-19-10-15(7-9-18(19)29)21-20(22(30)24-13(3)27-14(4)34-24)23(31)25(32)28(21)17-11-16(26)8-6-12(17)2/h6-11,21,29,31H,5H2,1-4H3. The Morgan fingerprint density at radius 3 is 2.56 bits per heavy atom. The van der Waals surface area contributed by atoms with E-state index in [1.54, 1.807) is 51.1 Å². The maximum absolute atomic E-state index is 13.7. The van der Waals surface area contributed by atoms with Gasteiger partial charge in [0, 0.05) is 10.7 Å². The second-order valence-electron chi connectivity index (χ2n) is 7.91. The van der Waals surface area contributed by atoms with Gasteiger partial charge in [-0.25, -0.2) is 4.98 Å². The van der Waals surface area contributed by atoms with Crippen LogP contribution in [-0.2, 0) is 4.79 Å². The van der Waals surface area contributed by atoms with Crippen molar-refractivity contribution >= 4 is 40.3 Å². The van der Waals surface area contributed by atoms with Crippen LogP contribution in [0, 0.1) is 20.8 Å². The number of benzene rings is 2. The third kappa shape index (κ3) is 4.03. The number of aromatic nitrogens is 1. The van der Waals surface area contributed by atoms with Gasteiger partial charge >= 0.3 is 0 Å². The number of aromatic hydroxyl groups is 1. The van der Waals surface area contributed by atoms with Gasteiger partial charge in [0.25, 0.3) is 5.91 Å². The number of hydrogen-bond donors (Lipinski definition) is 2. The zero-order valence-corrected chi connectivity index (χ0v) is 20.6. The van der Waals surface area contributed by atoms with E-state index in [4.69, 9.17) is 16.3 Å². The molecule has 1 aliphatic rings. The van der Waals surface area contributed by atoms with Gasteiger partial charge in [-0.15, -0.1) is 11.3 Å². The molecule has 2 aromatic carbocycles. The minimum absolute atomic E-state index is 0.0655. The number of rotatable bonds is 6. The summed E-state index contributed by atoms with van der Waals surface area (Å²) in [6.07, 6.45) is 0. The summed E-state index contributed by atoms with van der Waals surface area (Å²) in [5, 5.41) is 22.3. The van der Waals surface area contributed by atoms with Gasteiger partial charge in [0.1, 0.15) is 0 Å². The molecule has 3 aromatic rings. The first-order valence-corrected chi connectivity index (χ1v) is 11.8. The van der Waals surface area contributed by atoms with Crippen LogP contribution in [0.1, 0.15) is 44.5 Å². The lowest BCUT2D eigenvalue weighted by Crippen LogP contribution is -2.31. The van der Waals surface area contributed by atoms with Gasteiger partial charge in [-0.3, -0.25) is 14.5 Å². The number of phenols is 1. The van der Waals surface area contributed by atoms with E-state index in [-0.39, 0.29) is 17.1 Å². The number of phenolic OH excluding ortho intramolecular Hbond substituents is 1. The summed E-state index contributed by atoms with van der Waals surface area (Å²) in [7, 11) is 0. The number of carbonyl (C=O) groups excluding carboxylic acids is 2. The van der Waals surface area contributed by atoms with Crippen molar-refractivity contribution in [3.05, 3.63) is 79.5 Å². The van der Waals surface area contributed by atoms with E-state index in [2.05, 4.69) is 4.98 Å². The maximum Gasteiger partial charge on any atom is 0.294 e. The molecule has 0 saturated heterocycles. The smallest absolute Gasteiger partial charge is 0.294 e. The number of aliphatic hydroxyl groups excluding tert-OH is 1. The number of ketones is 1. The largest absolute Gasteiger partial charge is 0.504 e. The second-order valence-corrected chi connectivity index (χ2v) is 9.55. The number of carbonyl (C=O) groups is 2. The summed E-state index contributed by atoms with van der Waals surface area (Å²) >= 11 is 7.44. The highest BCUT2D eigenvalue weighted by molar-refractivity contribution is 7.14. The van der Waals surface area contributed by atoms with Gasteiger partial charge in [-0.1, -0.05) is 23.7 Å². The van der Waals surface area contributed by atoms with E-state index in [1.807, 2.05) is 6.92 Å². The molecule has 0 bridgehead atoms. The van der Waals surface area contributed by atoms with Crippen LogP contribution in [0.4, 0.5) is 5.69 Å². The molecule has 1 amide bonds. The fourth-order valence-electron chi connectivity index (χ4n) is 4.08. The van der Waals surface area contributed by atoms with E-state index in [0.29, 0.717) is 38.5 Å². The summed E-state index contributed by atoms with van der Waals surface area (Å²) in [4.78, 5) is 33.1. The molecular weight excluding hydrogens is 476 g/mol. The quantitative estimate of drug-likeness (QED) is 0.428. The first-order chi connectivity index (χ1) is 16.1. The molecule has 0 aliphatic carbocycles.